The van der Waals surface area contributed by atoms with Crippen LogP contribution in [-0.4, -0.2) is 24.7 Å². The maximum atomic E-state index is 11.6. The molecule has 16 heavy (non-hydrogen) atoms. The molecule has 4 nitrogen and oxygen atoms in total. The van der Waals surface area contributed by atoms with Crippen molar-refractivity contribution in [3.8, 4) is 0 Å². The van der Waals surface area contributed by atoms with Crippen LogP contribution < -0.4 is 0 Å². The van der Waals surface area contributed by atoms with Gasteiger partial charge in [-0.3, -0.25) is 0 Å². The quantitative estimate of drug-likeness (QED) is 0.746. The van der Waals surface area contributed by atoms with Gasteiger partial charge in [0, 0.05) is 12.0 Å². The van der Waals surface area contributed by atoms with Crippen LogP contribution in [0.3, 0.4) is 0 Å². The molecule has 0 amide bonds. The van der Waals surface area contributed by atoms with Gasteiger partial charge in [0.05, 0.1) is 6.61 Å². The number of aryl methyl sites for hydroxylation is 1. The lowest BCUT2D eigenvalue weighted by atomic mass is 10.3. The van der Waals surface area contributed by atoms with Gasteiger partial charge >= 0.3 is 5.97 Å². The zero-order chi connectivity index (χ0) is 12.1. The minimum Gasteiger partial charge on any atom is -0.461 e. The van der Waals surface area contributed by atoms with Gasteiger partial charge in [-0.2, -0.15) is 0 Å². The minimum atomic E-state index is -0.353. The first-order valence-electron chi connectivity index (χ1n) is 5.31. The van der Waals surface area contributed by atoms with Crippen LogP contribution in [0.2, 0.25) is 0 Å². The third-order valence-electron chi connectivity index (χ3n) is 2.21. The van der Waals surface area contributed by atoms with E-state index in [2.05, 4.69) is 4.98 Å². The summed E-state index contributed by atoms with van der Waals surface area (Å²) in [6.07, 6.45) is 0.804. The lowest BCUT2D eigenvalue weighted by molar-refractivity contribution is 0.0517. The second kappa shape index (κ2) is 5.96. The third-order valence-corrected chi connectivity index (χ3v) is 3.28. The van der Waals surface area contributed by atoms with E-state index >= 15 is 0 Å². The van der Waals surface area contributed by atoms with E-state index in [-0.39, 0.29) is 12.1 Å². The number of carbonyl (C=O) groups excluding carboxylic acids is 1. The van der Waals surface area contributed by atoms with E-state index in [0.29, 0.717) is 12.3 Å². The van der Waals surface area contributed by atoms with E-state index in [1.165, 1.54) is 11.3 Å². The Morgan fingerprint density at radius 1 is 1.50 bits per heavy atom. The highest BCUT2D eigenvalue weighted by atomic mass is 32.1. The number of thiazole rings is 1. The molecule has 0 aliphatic carbocycles. The van der Waals surface area contributed by atoms with Crippen LogP contribution in [0, 0.1) is 6.92 Å². The fraction of sp³-hybridized carbons (Fsp3) is 0.636. The van der Waals surface area contributed by atoms with Gasteiger partial charge in [-0.25, -0.2) is 9.78 Å². The first kappa shape index (κ1) is 13.1. The summed E-state index contributed by atoms with van der Waals surface area (Å²) < 4.78 is 10.2. The van der Waals surface area contributed by atoms with Crippen molar-refractivity contribution in [2.45, 2.75) is 33.3 Å². The summed E-state index contributed by atoms with van der Waals surface area (Å²) in [6.45, 7) is 6.04. The minimum absolute atomic E-state index is 0.0353. The van der Waals surface area contributed by atoms with E-state index < -0.39 is 0 Å². The van der Waals surface area contributed by atoms with Crippen LogP contribution in [0.25, 0.3) is 0 Å². The number of methoxy groups -OCH3 is 1. The van der Waals surface area contributed by atoms with Crippen molar-refractivity contribution in [1.82, 2.24) is 4.98 Å². The predicted octanol–water partition coefficient (Wildman–Crippen LogP) is 2.73. The Hall–Kier alpha value is -0.940. The molecule has 1 atom stereocenters. The highest BCUT2D eigenvalue weighted by molar-refractivity contribution is 7.11. The molecular weight excluding hydrogens is 226 g/mol. The summed E-state index contributed by atoms with van der Waals surface area (Å²) in [4.78, 5) is 16.7. The summed E-state index contributed by atoms with van der Waals surface area (Å²) in [5, 5.41) is 0.838. The van der Waals surface area contributed by atoms with Crippen molar-refractivity contribution in [3.63, 3.8) is 0 Å². The van der Waals surface area contributed by atoms with Crippen molar-refractivity contribution in [1.29, 1.82) is 0 Å². The average molecular weight is 243 g/mol. The first-order chi connectivity index (χ1) is 7.63. The van der Waals surface area contributed by atoms with Gasteiger partial charge in [0.15, 0.2) is 5.69 Å². The van der Waals surface area contributed by atoms with E-state index in [0.717, 1.165) is 16.3 Å². The molecular formula is C11H17NO3S. The smallest absolute Gasteiger partial charge is 0.358 e. The summed E-state index contributed by atoms with van der Waals surface area (Å²) in [5.74, 6) is -0.353. The van der Waals surface area contributed by atoms with Crippen LogP contribution in [0.1, 0.15) is 46.7 Å². The molecule has 0 fully saturated rings. The van der Waals surface area contributed by atoms with Gasteiger partial charge < -0.3 is 9.47 Å². The number of hydrogen-bond acceptors (Lipinski definition) is 5. The van der Waals surface area contributed by atoms with Gasteiger partial charge in [-0.05, 0) is 20.3 Å². The Kier molecular flexibility index (Phi) is 4.89. The first-order valence-corrected chi connectivity index (χ1v) is 6.12. The van der Waals surface area contributed by atoms with Crippen molar-refractivity contribution in [3.05, 3.63) is 15.6 Å². The Labute approximate surface area is 99.6 Å². The fourth-order valence-corrected chi connectivity index (χ4v) is 2.46. The Morgan fingerprint density at radius 3 is 2.69 bits per heavy atom. The number of ether oxygens (including phenoxy) is 2. The number of nitrogens with zero attached hydrogens (tertiary/aromatic N) is 1. The molecule has 1 heterocycles. The molecule has 5 heteroatoms. The van der Waals surface area contributed by atoms with Gasteiger partial charge in [0.2, 0.25) is 0 Å². The van der Waals surface area contributed by atoms with E-state index in [1.807, 2.05) is 13.8 Å². The number of rotatable bonds is 5. The van der Waals surface area contributed by atoms with Crippen LogP contribution in [-0.2, 0) is 9.47 Å². The predicted molar refractivity (Wildman–Crippen MR) is 62.8 cm³/mol. The van der Waals surface area contributed by atoms with E-state index in [9.17, 15) is 4.79 Å². The maximum absolute atomic E-state index is 11.6. The summed E-state index contributed by atoms with van der Waals surface area (Å²) >= 11 is 1.49. The van der Waals surface area contributed by atoms with Crippen molar-refractivity contribution >= 4 is 17.3 Å². The second-order valence-electron chi connectivity index (χ2n) is 3.31. The van der Waals surface area contributed by atoms with Gasteiger partial charge in [-0.1, -0.05) is 6.92 Å². The molecule has 1 aromatic rings. The van der Waals surface area contributed by atoms with Gasteiger partial charge in [0.25, 0.3) is 0 Å². The van der Waals surface area contributed by atoms with Crippen LogP contribution in [0.15, 0.2) is 0 Å². The molecule has 1 aromatic heterocycles. The van der Waals surface area contributed by atoms with Crippen LogP contribution in [0.5, 0.6) is 0 Å². The van der Waals surface area contributed by atoms with Crippen molar-refractivity contribution < 1.29 is 14.3 Å². The molecule has 0 bridgehead atoms. The normalized spacial score (nSPS) is 12.5. The van der Waals surface area contributed by atoms with Crippen molar-refractivity contribution in [2.75, 3.05) is 13.7 Å². The maximum Gasteiger partial charge on any atom is 0.358 e. The van der Waals surface area contributed by atoms with Crippen molar-refractivity contribution in [2.24, 2.45) is 0 Å². The lowest BCUT2D eigenvalue weighted by Gasteiger charge is -2.08. The van der Waals surface area contributed by atoms with Gasteiger partial charge in [-0.15, -0.1) is 11.3 Å². The molecule has 0 radical (unpaired) electrons. The second-order valence-corrected chi connectivity index (χ2v) is 4.54. The number of aromatic nitrogens is 1. The molecule has 90 valence electrons. The molecule has 1 unspecified atom stereocenters. The molecule has 0 aliphatic rings. The summed E-state index contributed by atoms with van der Waals surface area (Å²) in [5.41, 5.74) is 0.414. The Morgan fingerprint density at radius 2 is 2.19 bits per heavy atom. The van der Waals surface area contributed by atoms with E-state index in [1.54, 1.807) is 14.0 Å². The zero-order valence-corrected chi connectivity index (χ0v) is 10.9. The summed E-state index contributed by atoms with van der Waals surface area (Å²) in [7, 11) is 1.65. The Bertz CT molecular complexity index is 358. The lowest BCUT2D eigenvalue weighted by Crippen LogP contribution is -2.07. The van der Waals surface area contributed by atoms with Crippen LogP contribution >= 0.6 is 11.3 Å². The SMILES string of the molecule is CCOC(=O)c1nc(C(CC)OC)sc1C. The van der Waals surface area contributed by atoms with Gasteiger partial charge in [0.1, 0.15) is 11.1 Å². The Balaban J connectivity index is 2.92. The monoisotopic (exact) mass is 243 g/mol. The molecule has 0 saturated carbocycles. The molecule has 0 spiro atoms. The zero-order valence-electron chi connectivity index (χ0n) is 10.1. The molecule has 0 saturated heterocycles. The topological polar surface area (TPSA) is 48.4 Å². The van der Waals surface area contributed by atoms with E-state index in [4.69, 9.17) is 9.47 Å². The molecule has 0 aliphatic heterocycles. The average Bonchev–Trinajstić information content (AvgIpc) is 2.63. The molecule has 0 aromatic carbocycles. The molecule has 1 rings (SSSR count). The molecule has 0 N–H and O–H groups in total. The summed E-state index contributed by atoms with van der Waals surface area (Å²) in [6, 6.07) is 0. The highest BCUT2D eigenvalue weighted by Gasteiger charge is 2.20. The fourth-order valence-electron chi connectivity index (χ4n) is 1.39. The number of hydrogen-bond donors (Lipinski definition) is 0. The largest absolute Gasteiger partial charge is 0.461 e. The third kappa shape index (κ3) is 2.80. The standard InChI is InChI=1S/C11H17NO3S/c1-5-8(14-4)10-12-9(7(3)16-10)11(13)15-6-2/h8H,5-6H2,1-4H3. The number of esters is 1. The van der Waals surface area contributed by atoms with Crippen LogP contribution in [0.4, 0.5) is 0 Å². The highest BCUT2D eigenvalue weighted by Crippen LogP contribution is 2.27. The number of carbonyl (C=O) groups is 1.